The van der Waals surface area contributed by atoms with Crippen LogP contribution in [0.1, 0.15) is 12.7 Å². The van der Waals surface area contributed by atoms with E-state index >= 15 is 0 Å². The second-order valence-electron chi connectivity index (χ2n) is 4.12. The molecule has 2 rings (SSSR count). The van der Waals surface area contributed by atoms with Crippen molar-refractivity contribution >= 4 is 23.4 Å². The summed E-state index contributed by atoms with van der Waals surface area (Å²) in [4.78, 5) is 0. The van der Waals surface area contributed by atoms with Crippen molar-refractivity contribution in [3.8, 4) is 0 Å². The summed E-state index contributed by atoms with van der Waals surface area (Å²) in [5.74, 6) is 4.71. The molecule has 0 spiro atoms. The fourth-order valence-electron chi connectivity index (χ4n) is 1.83. The smallest absolute Gasteiger partial charge is 0.193 e. The molecule has 0 amide bonds. The molecular formula is C11H16ClNOS. The average Bonchev–Trinajstić information content (AvgIpc) is 2.77. The summed E-state index contributed by atoms with van der Waals surface area (Å²) in [6, 6.07) is 3.75. The van der Waals surface area contributed by atoms with Gasteiger partial charge < -0.3 is 9.73 Å². The molecule has 0 saturated carbocycles. The monoisotopic (exact) mass is 245 g/mol. The Morgan fingerprint density at radius 3 is 3.00 bits per heavy atom. The normalized spacial score (nSPS) is 26.0. The quantitative estimate of drug-likeness (QED) is 0.883. The maximum absolute atomic E-state index is 5.70. The van der Waals surface area contributed by atoms with Gasteiger partial charge in [0.05, 0.1) is 5.75 Å². The van der Waals surface area contributed by atoms with Crippen molar-refractivity contribution in [1.29, 1.82) is 0 Å². The number of halogens is 1. The van der Waals surface area contributed by atoms with Gasteiger partial charge in [-0.15, -0.1) is 0 Å². The van der Waals surface area contributed by atoms with Crippen molar-refractivity contribution < 1.29 is 4.42 Å². The lowest BCUT2D eigenvalue weighted by Crippen LogP contribution is -2.12. The Kier molecular flexibility index (Phi) is 4.00. The molecule has 15 heavy (non-hydrogen) atoms. The zero-order valence-electron chi connectivity index (χ0n) is 8.83. The second kappa shape index (κ2) is 5.28. The maximum Gasteiger partial charge on any atom is 0.193 e. The minimum Gasteiger partial charge on any atom is -0.449 e. The van der Waals surface area contributed by atoms with Gasteiger partial charge in [-0.1, -0.05) is 6.92 Å². The fourth-order valence-corrected chi connectivity index (χ4v) is 3.21. The van der Waals surface area contributed by atoms with Crippen LogP contribution in [-0.4, -0.2) is 18.8 Å². The fraction of sp³-hybridized carbons (Fsp3) is 0.636. The van der Waals surface area contributed by atoms with Gasteiger partial charge in [-0.2, -0.15) is 11.8 Å². The van der Waals surface area contributed by atoms with Gasteiger partial charge in [-0.3, -0.25) is 0 Å². The van der Waals surface area contributed by atoms with E-state index < -0.39 is 0 Å². The number of nitrogens with one attached hydrogen (secondary N) is 1. The number of thioether (sulfide) groups is 1. The topological polar surface area (TPSA) is 25.2 Å². The Bertz CT molecular complexity index is 315. The first-order chi connectivity index (χ1) is 7.25. The third kappa shape index (κ3) is 3.16. The predicted octanol–water partition coefficient (Wildman–Crippen LogP) is 3.02. The molecule has 0 aliphatic carbocycles. The van der Waals surface area contributed by atoms with Gasteiger partial charge in [0.15, 0.2) is 5.22 Å². The Labute approximate surface area is 99.8 Å². The Morgan fingerprint density at radius 1 is 1.53 bits per heavy atom. The van der Waals surface area contributed by atoms with Crippen LogP contribution in [-0.2, 0) is 5.75 Å². The summed E-state index contributed by atoms with van der Waals surface area (Å²) in [5.41, 5.74) is 0. The zero-order chi connectivity index (χ0) is 10.7. The summed E-state index contributed by atoms with van der Waals surface area (Å²) < 4.78 is 5.30. The van der Waals surface area contributed by atoms with Crippen molar-refractivity contribution in [3.63, 3.8) is 0 Å². The molecule has 84 valence electrons. The van der Waals surface area contributed by atoms with Crippen molar-refractivity contribution in [1.82, 2.24) is 5.32 Å². The van der Waals surface area contributed by atoms with Gasteiger partial charge >= 0.3 is 0 Å². The number of hydrogen-bond donors (Lipinski definition) is 1. The van der Waals surface area contributed by atoms with Crippen LogP contribution in [0.25, 0.3) is 0 Å². The van der Waals surface area contributed by atoms with Gasteiger partial charge in [0, 0.05) is 0 Å². The first kappa shape index (κ1) is 11.4. The van der Waals surface area contributed by atoms with Gasteiger partial charge in [0.25, 0.3) is 0 Å². The molecule has 1 aliphatic heterocycles. The molecule has 0 radical (unpaired) electrons. The lowest BCUT2D eigenvalue weighted by molar-refractivity contribution is 0.500. The molecule has 4 heteroatoms. The van der Waals surface area contributed by atoms with E-state index in [0.717, 1.165) is 36.4 Å². The van der Waals surface area contributed by atoms with Crippen molar-refractivity contribution in [2.45, 2.75) is 12.7 Å². The van der Waals surface area contributed by atoms with Crippen LogP contribution in [0.5, 0.6) is 0 Å². The molecule has 0 bridgehead atoms. The Morgan fingerprint density at radius 2 is 2.40 bits per heavy atom. The van der Waals surface area contributed by atoms with E-state index in [1.807, 2.05) is 17.8 Å². The molecule has 1 aromatic rings. The van der Waals surface area contributed by atoms with Crippen LogP contribution in [0.4, 0.5) is 0 Å². The van der Waals surface area contributed by atoms with Crippen LogP contribution < -0.4 is 5.32 Å². The molecule has 1 fully saturated rings. The lowest BCUT2D eigenvalue weighted by atomic mass is 10.0. The first-order valence-electron chi connectivity index (χ1n) is 5.28. The zero-order valence-corrected chi connectivity index (χ0v) is 10.4. The molecule has 2 heterocycles. The maximum atomic E-state index is 5.70. The summed E-state index contributed by atoms with van der Waals surface area (Å²) >= 11 is 7.63. The molecule has 1 saturated heterocycles. The van der Waals surface area contributed by atoms with Crippen molar-refractivity contribution in [3.05, 3.63) is 23.1 Å². The minimum absolute atomic E-state index is 0.488. The third-order valence-corrected chi connectivity index (χ3v) is 4.24. The van der Waals surface area contributed by atoms with Crippen LogP contribution in [0.3, 0.4) is 0 Å². The van der Waals surface area contributed by atoms with Crippen LogP contribution in [0.2, 0.25) is 5.22 Å². The number of hydrogen-bond acceptors (Lipinski definition) is 3. The van der Waals surface area contributed by atoms with E-state index in [1.54, 1.807) is 6.07 Å². The predicted molar refractivity (Wildman–Crippen MR) is 65.4 cm³/mol. The Balaban J connectivity index is 1.70. The van der Waals surface area contributed by atoms with E-state index in [0.29, 0.717) is 5.22 Å². The van der Waals surface area contributed by atoms with E-state index in [-0.39, 0.29) is 0 Å². The third-order valence-electron chi connectivity index (χ3n) is 2.88. The van der Waals surface area contributed by atoms with Crippen LogP contribution in [0, 0.1) is 11.8 Å². The SMILES string of the molecule is C[C@@H]1CNC[C@H]1CSCc1ccc(Cl)o1. The summed E-state index contributed by atoms with van der Waals surface area (Å²) in [6.45, 7) is 4.64. The van der Waals surface area contributed by atoms with Crippen LogP contribution >= 0.6 is 23.4 Å². The molecule has 1 aromatic heterocycles. The summed E-state index contributed by atoms with van der Waals surface area (Å²) in [7, 11) is 0. The number of furan rings is 1. The first-order valence-corrected chi connectivity index (χ1v) is 6.81. The van der Waals surface area contributed by atoms with E-state index in [4.69, 9.17) is 16.0 Å². The van der Waals surface area contributed by atoms with Gasteiger partial charge in [-0.05, 0) is 54.4 Å². The Hall–Kier alpha value is -0.120. The minimum atomic E-state index is 0.488. The molecule has 2 atom stereocenters. The average molecular weight is 246 g/mol. The van der Waals surface area contributed by atoms with Crippen LogP contribution in [0.15, 0.2) is 16.5 Å². The van der Waals surface area contributed by atoms with E-state index in [2.05, 4.69) is 12.2 Å². The molecular weight excluding hydrogens is 230 g/mol. The summed E-state index contributed by atoms with van der Waals surface area (Å²) in [6.07, 6.45) is 0. The number of rotatable bonds is 4. The van der Waals surface area contributed by atoms with Crippen molar-refractivity contribution in [2.24, 2.45) is 11.8 Å². The molecule has 1 N–H and O–H groups in total. The highest BCUT2D eigenvalue weighted by molar-refractivity contribution is 7.98. The summed E-state index contributed by atoms with van der Waals surface area (Å²) in [5, 5.41) is 3.90. The largest absolute Gasteiger partial charge is 0.449 e. The lowest BCUT2D eigenvalue weighted by Gasteiger charge is -2.12. The molecule has 0 unspecified atom stereocenters. The highest BCUT2D eigenvalue weighted by Crippen LogP contribution is 2.24. The molecule has 2 nitrogen and oxygen atoms in total. The highest BCUT2D eigenvalue weighted by Gasteiger charge is 2.22. The van der Waals surface area contributed by atoms with Gasteiger partial charge in [0.2, 0.25) is 0 Å². The molecule has 0 aromatic carbocycles. The second-order valence-corrected chi connectivity index (χ2v) is 5.52. The molecule has 1 aliphatic rings. The van der Waals surface area contributed by atoms with Crippen molar-refractivity contribution in [2.75, 3.05) is 18.8 Å². The van der Waals surface area contributed by atoms with Gasteiger partial charge in [-0.25, -0.2) is 0 Å². The van der Waals surface area contributed by atoms with Gasteiger partial charge in [0.1, 0.15) is 5.76 Å². The highest BCUT2D eigenvalue weighted by atomic mass is 35.5. The van der Waals surface area contributed by atoms with E-state index in [9.17, 15) is 0 Å². The van der Waals surface area contributed by atoms with E-state index in [1.165, 1.54) is 5.75 Å². The standard InChI is InChI=1S/C11H16ClNOS/c1-8-4-13-5-9(8)6-15-7-10-2-3-11(12)14-10/h2-3,8-9,13H,4-7H2,1H3/t8-,9+/m1/s1.